The Labute approximate surface area is 308 Å². The summed E-state index contributed by atoms with van der Waals surface area (Å²) >= 11 is 0. The van der Waals surface area contributed by atoms with Crippen molar-refractivity contribution in [2.24, 2.45) is 5.16 Å². The van der Waals surface area contributed by atoms with Gasteiger partial charge >= 0.3 is 11.9 Å². The fraction of sp³-hybridized carbons (Fsp3) is 0.767. The average Bonchev–Trinajstić information content (AvgIpc) is 3.82. The summed E-state index contributed by atoms with van der Waals surface area (Å²) in [7, 11) is 9.16. The monoisotopic (exact) mass is 787 g/mol. The second-order valence-corrected chi connectivity index (χ2v) is 19.2. The van der Waals surface area contributed by atoms with Gasteiger partial charge in [0.25, 0.3) is 0 Å². The van der Waals surface area contributed by atoms with E-state index in [1.807, 2.05) is 5.08 Å². The third-order valence-corrected chi connectivity index (χ3v) is 16.1. The maximum Gasteiger partial charge on any atom is 0.326 e. The molecule has 48 heavy (non-hydrogen) atoms. The van der Waals surface area contributed by atoms with Gasteiger partial charge in [-0.1, -0.05) is 91.0 Å². The summed E-state index contributed by atoms with van der Waals surface area (Å²) < 4.78 is -0.275. The normalized spacial score (nSPS) is 14.8. The number of hydrogen-bond acceptors (Lipinski definition) is 14. The summed E-state index contributed by atoms with van der Waals surface area (Å²) in [5.74, 6) is -2.46. The Balaban J connectivity index is 2.06. The molecular weight excluding hydrogens is 737 g/mol. The lowest BCUT2D eigenvalue weighted by molar-refractivity contribution is -0.142. The van der Waals surface area contributed by atoms with E-state index in [1.54, 1.807) is 32.4 Å². The number of nitrogens with one attached hydrogen (secondary N) is 3. The summed E-state index contributed by atoms with van der Waals surface area (Å²) in [6.45, 7) is 0.422. The zero-order valence-corrected chi connectivity index (χ0v) is 32.2. The first kappa shape index (κ1) is 45.1. The third kappa shape index (κ3) is 26.0. The number of hydrogen-bond donors (Lipinski definition) is 6. The Hall–Kier alpha value is -0.920. The van der Waals surface area contributed by atoms with E-state index >= 15 is 0 Å². The van der Waals surface area contributed by atoms with Crippen LogP contribution in [-0.2, 0) is 24.0 Å². The molecule has 0 bridgehead atoms. The summed E-state index contributed by atoms with van der Waals surface area (Å²) in [6, 6.07) is -1.42. The third-order valence-electron chi connectivity index (χ3n) is 7.25. The summed E-state index contributed by atoms with van der Waals surface area (Å²) in [4.78, 5) is 58.3. The molecule has 275 valence electrons. The van der Waals surface area contributed by atoms with Gasteiger partial charge in [-0.05, 0) is 81.7 Å². The number of nitrogens with zero attached hydrogens (tertiary/aromatic N) is 1. The number of carbonyl (C=O) groups excluding carboxylic acids is 3. The lowest BCUT2D eigenvalue weighted by atomic mass is 10.0. The van der Waals surface area contributed by atoms with E-state index in [1.165, 1.54) is 57.2 Å². The highest BCUT2D eigenvalue weighted by Crippen LogP contribution is 2.72. The molecule has 0 aromatic rings. The molecule has 1 radical (unpaired) electrons. The van der Waals surface area contributed by atoms with Crippen LogP contribution >= 0.6 is 64.8 Å². The number of rotatable bonds is 34. The van der Waals surface area contributed by atoms with Gasteiger partial charge in [0.1, 0.15) is 17.9 Å². The van der Waals surface area contributed by atoms with Gasteiger partial charge in [0.15, 0.2) is 3.54 Å². The van der Waals surface area contributed by atoms with E-state index in [4.69, 9.17) is 10.3 Å². The van der Waals surface area contributed by atoms with Crippen molar-refractivity contribution in [2.45, 2.75) is 138 Å². The predicted octanol–water partition coefficient (Wildman–Crippen LogP) is 7.63. The van der Waals surface area contributed by atoms with Crippen LogP contribution < -0.4 is 16.0 Å². The van der Waals surface area contributed by atoms with Crippen LogP contribution in [0.5, 0.6) is 0 Å². The number of carboxylic acids is 2. The second kappa shape index (κ2) is 29.8. The lowest BCUT2D eigenvalue weighted by Crippen LogP contribution is -2.41. The van der Waals surface area contributed by atoms with Crippen molar-refractivity contribution in [1.29, 1.82) is 0 Å². The van der Waals surface area contributed by atoms with E-state index in [9.17, 15) is 29.1 Å². The highest BCUT2D eigenvalue weighted by Gasteiger charge is 2.48. The van der Waals surface area contributed by atoms with E-state index in [0.717, 1.165) is 64.1 Å². The Morgan fingerprint density at radius 1 is 0.729 bits per heavy atom. The topological polar surface area (TPSA) is 194 Å². The van der Waals surface area contributed by atoms with Gasteiger partial charge in [-0.15, -0.1) is 0 Å². The van der Waals surface area contributed by atoms with E-state index < -0.39 is 18.0 Å². The standard InChI is InChI=1S/C30H51N4O8S6/c35-21-24(34-30(47-48-30)46-45-23-44-43-22-32-42)15-13-14-20-31-26(36)19-18-25(29(40)41)33-27(37)16-11-9-7-5-3-1-2-4-6-8-10-12-17-28(38)39/h21-25,34,42H,1-20H2,(H,31,36)(H,33,37)(H,38,39)(H,40,41)/t24-,25-/m0/s1. The number of unbranched alkanes of at least 4 members (excludes halogenated alkanes) is 12. The molecule has 1 aliphatic rings. The van der Waals surface area contributed by atoms with Crippen molar-refractivity contribution in [3.63, 3.8) is 0 Å². The van der Waals surface area contributed by atoms with Crippen molar-refractivity contribution in [3.8, 4) is 0 Å². The largest absolute Gasteiger partial charge is 0.481 e. The summed E-state index contributed by atoms with van der Waals surface area (Å²) in [5.41, 5.74) is 1.33. The van der Waals surface area contributed by atoms with Crippen LogP contribution in [0.4, 0.5) is 0 Å². The predicted molar refractivity (Wildman–Crippen MR) is 204 cm³/mol. The van der Waals surface area contributed by atoms with Gasteiger partial charge in [-0.3, -0.25) is 19.7 Å². The number of aldehydes is 1. The Morgan fingerprint density at radius 2 is 1.33 bits per heavy atom. The number of oxime groups is 1. The molecule has 1 saturated heterocycles. The first-order valence-corrected chi connectivity index (χ1v) is 23.1. The van der Waals surface area contributed by atoms with Crippen LogP contribution in [-0.4, -0.2) is 73.2 Å². The molecule has 0 unspecified atom stereocenters. The Kier molecular flexibility index (Phi) is 28.0. The second-order valence-electron chi connectivity index (χ2n) is 11.3. The number of amides is 2. The molecule has 12 nitrogen and oxygen atoms in total. The van der Waals surface area contributed by atoms with E-state index in [2.05, 4.69) is 21.1 Å². The Bertz CT molecular complexity index is 964. The molecule has 0 aromatic carbocycles. The number of aliphatic carboxylic acids is 2. The first-order chi connectivity index (χ1) is 23.2. The molecular formula is C30H51N4O8S6. The van der Waals surface area contributed by atoms with Gasteiger partial charge in [-0.2, -0.15) is 0 Å². The molecule has 1 rings (SSSR count). The first-order valence-electron chi connectivity index (χ1n) is 16.5. The molecule has 0 aliphatic carbocycles. The quantitative estimate of drug-likeness (QED) is 0.00429. The van der Waals surface area contributed by atoms with E-state index in [-0.39, 0.29) is 47.1 Å². The van der Waals surface area contributed by atoms with Crippen molar-refractivity contribution in [1.82, 2.24) is 16.0 Å². The maximum atomic E-state index is 12.3. The van der Waals surface area contributed by atoms with Crippen LogP contribution in [0.2, 0.25) is 0 Å². The lowest BCUT2D eigenvalue weighted by Gasteiger charge is -2.18. The van der Waals surface area contributed by atoms with Crippen molar-refractivity contribution >= 4 is 100 Å². The minimum Gasteiger partial charge on any atom is -0.481 e. The van der Waals surface area contributed by atoms with Gasteiger partial charge < -0.3 is 30.8 Å². The number of carbonyl (C=O) groups is 5. The highest BCUT2D eigenvalue weighted by atomic mass is 33.2. The highest BCUT2D eigenvalue weighted by molar-refractivity contribution is 9.04. The molecule has 1 aliphatic heterocycles. The maximum absolute atomic E-state index is 12.3. The molecule has 2 atom stereocenters. The smallest absolute Gasteiger partial charge is 0.326 e. The van der Waals surface area contributed by atoms with Gasteiger partial charge in [0.2, 0.25) is 11.8 Å². The van der Waals surface area contributed by atoms with Crippen LogP contribution in [0, 0.1) is 5.08 Å². The molecule has 0 saturated carbocycles. The number of carboxylic acid groups (broad SMARTS) is 2. The molecule has 0 aromatic heterocycles. The van der Waals surface area contributed by atoms with Gasteiger partial charge in [0.05, 0.1) is 11.1 Å². The van der Waals surface area contributed by atoms with Crippen LogP contribution in [0.15, 0.2) is 5.16 Å². The van der Waals surface area contributed by atoms with E-state index in [0.29, 0.717) is 25.8 Å². The molecule has 0 spiro atoms. The zero-order chi connectivity index (χ0) is 35.3. The fourth-order valence-corrected chi connectivity index (χ4v) is 12.5. The van der Waals surface area contributed by atoms with Crippen LogP contribution in [0.1, 0.15) is 122 Å². The average molecular weight is 788 g/mol. The van der Waals surface area contributed by atoms with Crippen molar-refractivity contribution in [3.05, 3.63) is 5.08 Å². The summed E-state index contributed by atoms with van der Waals surface area (Å²) in [5, 5.41) is 40.1. The van der Waals surface area contributed by atoms with Crippen molar-refractivity contribution in [2.75, 3.05) is 6.54 Å². The zero-order valence-electron chi connectivity index (χ0n) is 27.3. The molecule has 6 N–H and O–H groups in total. The molecule has 1 fully saturated rings. The molecule has 1 heterocycles. The van der Waals surface area contributed by atoms with Gasteiger partial charge in [-0.25, -0.2) is 4.79 Å². The SMILES string of the molecule is O=C[C@H](CCCCNC(=O)CC[C@H](NC(=O)CCCCCCCCCCCCCCC(=O)O)C(=O)O)NC1(SS[CH]SSC=NO)SS1. The summed E-state index contributed by atoms with van der Waals surface area (Å²) in [6.07, 6.45) is 16.0. The minimum atomic E-state index is -1.16. The minimum absolute atomic E-state index is 0.00699. The Morgan fingerprint density at radius 3 is 1.88 bits per heavy atom. The van der Waals surface area contributed by atoms with Crippen molar-refractivity contribution < 1.29 is 39.4 Å². The molecule has 18 heteroatoms. The fourth-order valence-electron chi connectivity index (χ4n) is 4.64. The van der Waals surface area contributed by atoms with Crippen LogP contribution in [0.25, 0.3) is 0 Å². The van der Waals surface area contributed by atoms with Crippen LogP contribution in [0.3, 0.4) is 0 Å². The molecule has 2 amide bonds. The van der Waals surface area contributed by atoms with Gasteiger partial charge in [0, 0.05) is 25.8 Å².